The molecule has 0 N–H and O–H groups in total. The predicted octanol–water partition coefficient (Wildman–Crippen LogP) is 5.65. The van der Waals surface area contributed by atoms with Crippen LogP contribution in [0.25, 0.3) is 0 Å². The topological polar surface area (TPSA) is 23.8 Å². The zero-order chi connectivity index (χ0) is 14.2. The number of nitriles is 1. The van der Waals surface area contributed by atoms with Crippen LogP contribution in [0.2, 0.25) is 0 Å². The van der Waals surface area contributed by atoms with Crippen LogP contribution in [0.4, 0.5) is 0 Å². The maximum absolute atomic E-state index is 8.45. The van der Waals surface area contributed by atoms with Crippen molar-refractivity contribution < 1.29 is 0 Å². The van der Waals surface area contributed by atoms with Gasteiger partial charge in [0.2, 0.25) is 0 Å². The molecule has 1 nitrogen and oxygen atoms in total. The average molecular weight is 271 g/mol. The number of hydrogen-bond donors (Lipinski definition) is 0. The molecule has 0 spiro atoms. The highest BCUT2D eigenvalue weighted by Gasteiger charge is 2.29. The Morgan fingerprint density at radius 1 is 0.900 bits per heavy atom. The molecule has 2 saturated carbocycles. The van der Waals surface area contributed by atoms with Gasteiger partial charge in [-0.3, -0.25) is 0 Å². The molecule has 0 aromatic heterocycles. The van der Waals surface area contributed by atoms with Gasteiger partial charge in [-0.05, 0) is 62.2 Å². The van der Waals surface area contributed by atoms with E-state index in [1.807, 2.05) is 12.1 Å². The molecule has 0 bridgehead atoms. The maximum atomic E-state index is 8.45. The molecule has 0 unspecified atom stereocenters. The van der Waals surface area contributed by atoms with Crippen molar-refractivity contribution in [1.82, 2.24) is 0 Å². The van der Waals surface area contributed by atoms with E-state index in [1.54, 1.807) is 6.08 Å². The third-order valence-electron chi connectivity index (χ3n) is 5.62. The molecular weight excluding hydrogens is 242 g/mol. The van der Waals surface area contributed by atoms with Crippen molar-refractivity contribution in [3.8, 4) is 6.07 Å². The van der Waals surface area contributed by atoms with Crippen molar-refractivity contribution >= 4 is 0 Å². The van der Waals surface area contributed by atoms with Gasteiger partial charge in [0.1, 0.15) is 0 Å². The van der Waals surface area contributed by atoms with Gasteiger partial charge in [-0.25, -0.2) is 0 Å². The smallest absolute Gasteiger partial charge is 0.0912 e. The van der Waals surface area contributed by atoms with E-state index >= 15 is 0 Å². The molecule has 0 aromatic rings. The predicted molar refractivity (Wildman–Crippen MR) is 85.1 cm³/mol. The summed E-state index contributed by atoms with van der Waals surface area (Å²) in [7, 11) is 0. The lowest BCUT2D eigenvalue weighted by atomic mass is 9.69. The maximum Gasteiger partial charge on any atom is 0.0912 e. The summed E-state index contributed by atoms with van der Waals surface area (Å²) in [5.41, 5.74) is 0. The molecular formula is C19H29N. The highest BCUT2D eigenvalue weighted by atomic mass is 14.3. The first-order chi connectivity index (χ1) is 9.83. The number of rotatable bonds is 4. The summed E-state index contributed by atoms with van der Waals surface area (Å²) in [5, 5.41) is 8.45. The molecule has 0 amide bonds. The van der Waals surface area contributed by atoms with Gasteiger partial charge in [-0.1, -0.05) is 44.4 Å². The van der Waals surface area contributed by atoms with Crippen molar-refractivity contribution in [3.05, 3.63) is 24.3 Å². The van der Waals surface area contributed by atoms with Crippen molar-refractivity contribution in [2.75, 3.05) is 0 Å². The van der Waals surface area contributed by atoms with Crippen LogP contribution in [0.5, 0.6) is 0 Å². The van der Waals surface area contributed by atoms with Gasteiger partial charge in [0.15, 0.2) is 0 Å². The molecule has 0 atom stereocenters. The standard InChI is InChI=1S/C19H29N/c1-2-16-7-11-18(12-8-16)19-13-9-17(10-14-19)6-4-3-5-15-20/h3-6,16-19H,2,7-14H2,1H3. The lowest BCUT2D eigenvalue weighted by Gasteiger charge is -2.37. The molecule has 0 aromatic carbocycles. The van der Waals surface area contributed by atoms with E-state index in [2.05, 4.69) is 19.1 Å². The van der Waals surface area contributed by atoms with Gasteiger partial charge in [0.05, 0.1) is 6.07 Å². The summed E-state index contributed by atoms with van der Waals surface area (Å²) in [5.74, 6) is 3.81. The zero-order valence-electron chi connectivity index (χ0n) is 12.9. The average Bonchev–Trinajstić information content (AvgIpc) is 2.52. The summed E-state index contributed by atoms with van der Waals surface area (Å²) in [4.78, 5) is 0. The molecule has 0 aliphatic heterocycles. The number of nitrogens with zero attached hydrogens (tertiary/aromatic N) is 1. The summed E-state index contributed by atoms with van der Waals surface area (Å²) in [6.07, 6.45) is 20.7. The monoisotopic (exact) mass is 271 g/mol. The first-order valence-electron chi connectivity index (χ1n) is 8.56. The van der Waals surface area contributed by atoms with Gasteiger partial charge in [0, 0.05) is 6.08 Å². The van der Waals surface area contributed by atoms with E-state index in [4.69, 9.17) is 5.26 Å². The van der Waals surface area contributed by atoms with Crippen molar-refractivity contribution in [2.24, 2.45) is 23.7 Å². The largest absolute Gasteiger partial charge is 0.193 e. The summed E-state index contributed by atoms with van der Waals surface area (Å²) in [6, 6.07) is 2.03. The van der Waals surface area contributed by atoms with Crippen LogP contribution in [0.3, 0.4) is 0 Å². The highest BCUT2D eigenvalue weighted by Crippen LogP contribution is 2.42. The normalized spacial score (nSPS) is 35.4. The Morgan fingerprint density at radius 3 is 2.05 bits per heavy atom. The zero-order valence-corrected chi connectivity index (χ0v) is 12.9. The van der Waals surface area contributed by atoms with Crippen LogP contribution in [0.15, 0.2) is 24.3 Å². The fourth-order valence-electron chi connectivity index (χ4n) is 4.20. The van der Waals surface area contributed by atoms with Crippen LogP contribution in [-0.4, -0.2) is 0 Å². The lowest BCUT2D eigenvalue weighted by molar-refractivity contribution is 0.154. The van der Waals surface area contributed by atoms with Gasteiger partial charge >= 0.3 is 0 Å². The Bertz CT molecular complexity index is 358. The molecule has 2 aliphatic carbocycles. The van der Waals surface area contributed by atoms with Gasteiger partial charge in [-0.15, -0.1) is 0 Å². The van der Waals surface area contributed by atoms with Gasteiger partial charge in [0.25, 0.3) is 0 Å². The van der Waals surface area contributed by atoms with Crippen LogP contribution in [-0.2, 0) is 0 Å². The van der Waals surface area contributed by atoms with E-state index in [9.17, 15) is 0 Å². The second-order valence-electron chi connectivity index (χ2n) is 6.74. The lowest BCUT2D eigenvalue weighted by Crippen LogP contribution is -2.25. The van der Waals surface area contributed by atoms with Crippen LogP contribution < -0.4 is 0 Å². The molecule has 20 heavy (non-hydrogen) atoms. The Kier molecular flexibility index (Phi) is 6.37. The number of hydrogen-bond acceptors (Lipinski definition) is 1. The minimum Gasteiger partial charge on any atom is -0.193 e. The fourth-order valence-corrected chi connectivity index (χ4v) is 4.20. The molecule has 110 valence electrons. The van der Waals surface area contributed by atoms with Gasteiger partial charge in [-0.2, -0.15) is 5.26 Å². The van der Waals surface area contributed by atoms with Crippen molar-refractivity contribution in [2.45, 2.75) is 64.7 Å². The third-order valence-corrected chi connectivity index (χ3v) is 5.62. The van der Waals surface area contributed by atoms with E-state index in [0.29, 0.717) is 0 Å². The van der Waals surface area contributed by atoms with E-state index in [1.165, 1.54) is 57.8 Å². The Hall–Kier alpha value is -1.03. The molecule has 0 heterocycles. The van der Waals surface area contributed by atoms with Crippen LogP contribution in [0.1, 0.15) is 64.7 Å². The van der Waals surface area contributed by atoms with Crippen molar-refractivity contribution in [3.63, 3.8) is 0 Å². The minimum absolute atomic E-state index is 0.751. The molecule has 2 aliphatic rings. The van der Waals surface area contributed by atoms with Crippen LogP contribution in [0, 0.1) is 35.0 Å². The fraction of sp³-hybridized carbons (Fsp3) is 0.737. The SMILES string of the molecule is CCC1CCC(C2CCC(C=CC=CC#N)CC2)CC1. The molecule has 0 radical (unpaired) electrons. The summed E-state index contributed by atoms with van der Waals surface area (Å²) < 4.78 is 0. The van der Waals surface area contributed by atoms with E-state index in [0.717, 1.165) is 23.7 Å². The Morgan fingerprint density at radius 2 is 1.50 bits per heavy atom. The molecule has 0 saturated heterocycles. The first-order valence-corrected chi connectivity index (χ1v) is 8.56. The Labute approximate surface area is 124 Å². The van der Waals surface area contributed by atoms with Gasteiger partial charge < -0.3 is 0 Å². The Balaban J connectivity index is 1.71. The molecule has 1 heteroatoms. The second kappa shape index (κ2) is 8.30. The minimum atomic E-state index is 0.751. The number of allylic oxidation sites excluding steroid dienone is 4. The third kappa shape index (κ3) is 4.51. The first kappa shape index (κ1) is 15.4. The molecule has 2 rings (SSSR count). The second-order valence-corrected chi connectivity index (χ2v) is 6.74. The van der Waals surface area contributed by atoms with Crippen molar-refractivity contribution in [1.29, 1.82) is 5.26 Å². The highest BCUT2D eigenvalue weighted by molar-refractivity contribution is 5.12. The van der Waals surface area contributed by atoms with Crippen LogP contribution >= 0.6 is 0 Å². The summed E-state index contributed by atoms with van der Waals surface area (Å²) in [6.45, 7) is 2.35. The van der Waals surface area contributed by atoms with E-state index in [-0.39, 0.29) is 0 Å². The molecule has 2 fully saturated rings. The quantitative estimate of drug-likeness (QED) is 0.479. The van der Waals surface area contributed by atoms with E-state index < -0.39 is 0 Å². The summed E-state index contributed by atoms with van der Waals surface area (Å²) >= 11 is 0.